The van der Waals surface area contributed by atoms with E-state index in [1.54, 1.807) is 33.1 Å². The van der Waals surface area contributed by atoms with Crippen molar-refractivity contribution in [2.75, 3.05) is 46.4 Å². The molecule has 9 heteroatoms. The Morgan fingerprint density at radius 1 is 1.30 bits per heavy atom. The molecule has 8 nitrogen and oxygen atoms in total. The van der Waals surface area contributed by atoms with Gasteiger partial charge in [0.15, 0.2) is 0 Å². The fraction of sp³-hybridized carbons (Fsp3) is 0.667. The highest BCUT2D eigenvalue weighted by Crippen LogP contribution is 2.29. The zero-order valence-electron chi connectivity index (χ0n) is 18.0. The summed E-state index contributed by atoms with van der Waals surface area (Å²) < 4.78 is 5.14. The molecule has 3 heterocycles. The summed E-state index contributed by atoms with van der Waals surface area (Å²) in [5, 5.41) is 4.91. The fourth-order valence-electron chi connectivity index (χ4n) is 4.15. The SMILES string of the molecule is COCCN1C[C@H]2CN(CC(=O)NCCc3cccs3)C(=O)N2[C@@H](CC(C)C)C1=O. The molecule has 1 aromatic rings. The van der Waals surface area contributed by atoms with E-state index < -0.39 is 6.04 Å². The first-order chi connectivity index (χ1) is 14.4. The van der Waals surface area contributed by atoms with Crippen LogP contribution in [0.15, 0.2) is 17.5 Å². The maximum Gasteiger partial charge on any atom is 0.321 e. The van der Waals surface area contributed by atoms with Crippen LogP contribution in [0.2, 0.25) is 0 Å². The summed E-state index contributed by atoms with van der Waals surface area (Å²) in [5.41, 5.74) is 0. The van der Waals surface area contributed by atoms with Crippen LogP contribution in [-0.4, -0.2) is 91.1 Å². The van der Waals surface area contributed by atoms with E-state index in [2.05, 4.69) is 19.2 Å². The Hall–Kier alpha value is -2.13. The standard InChI is InChI=1S/C21H32N4O4S/c1-15(2)11-18-20(27)23(8-9-29-3)12-16-13-24(21(28)25(16)18)14-19(26)22-7-6-17-5-4-10-30-17/h4-5,10,15-16,18H,6-9,11-14H2,1-3H3,(H,22,26)/t16-,18-/m0/s1. The maximum atomic E-state index is 13.1. The summed E-state index contributed by atoms with van der Waals surface area (Å²) >= 11 is 1.66. The summed E-state index contributed by atoms with van der Waals surface area (Å²) in [7, 11) is 1.62. The third-order valence-electron chi connectivity index (χ3n) is 5.55. The molecular formula is C21H32N4O4S. The second-order valence-corrected chi connectivity index (χ2v) is 9.36. The lowest BCUT2D eigenvalue weighted by molar-refractivity contribution is -0.143. The zero-order valence-corrected chi connectivity index (χ0v) is 18.8. The number of amides is 4. The van der Waals surface area contributed by atoms with Crippen molar-refractivity contribution in [2.45, 2.75) is 38.8 Å². The Balaban J connectivity index is 1.60. The van der Waals surface area contributed by atoms with Gasteiger partial charge in [-0.2, -0.15) is 0 Å². The van der Waals surface area contributed by atoms with Gasteiger partial charge in [0.25, 0.3) is 0 Å². The number of fused-ring (bicyclic) bond motifs is 1. The van der Waals surface area contributed by atoms with Gasteiger partial charge in [-0.15, -0.1) is 11.3 Å². The number of rotatable bonds is 10. The van der Waals surface area contributed by atoms with Gasteiger partial charge in [-0.25, -0.2) is 4.79 Å². The minimum Gasteiger partial charge on any atom is -0.383 e. The first-order valence-corrected chi connectivity index (χ1v) is 11.4. The zero-order chi connectivity index (χ0) is 21.7. The number of carbonyl (C=O) groups excluding carboxylic acids is 3. The van der Waals surface area contributed by atoms with Crippen LogP contribution in [0.4, 0.5) is 4.79 Å². The normalized spacial score (nSPS) is 21.5. The third kappa shape index (κ3) is 5.31. The highest BCUT2D eigenvalue weighted by atomic mass is 32.1. The lowest BCUT2D eigenvalue weighted by Gasteiger charge is -2.42. The van der Waals surface area contributed by atoms with E-state index in [-0.39, 0.29) is 36.3 Å². The van der Waals surface area contributed by atoms with Gasteiger partial charge >= 0.3 is 6.03 Å². The van der Waals surface area contributed by atoms with Crippen LogP contribution in [0.25, 0.3) is 0 Å². The van der Waals surface area contributed by atoms with Crippen LogP contribution >= 0.6 is 11.3 Å². The molecule has 30 heavy (non-hydrogen) atoms. The van der Waals surface area contributed by atoms with Gasteiger partial charge in [-0.3, -0.25) is 9.59 Å². The van der Waals surface area contributed by atoms with Crippen LogP contribution in [0.5, 0.6) is 0 Å². The molecule has 0 bridgehead atoms. The van der Waals surface area contributed by atoms with Gasteiger partial charge in [0.1, 0.15) is 12.6 Å². The largest absolute Gasteiger partial charge is 0.383 e. The van der Waals surface area contributed by atoms with Crippen molar-refractivity contribution in [3.05, 3.63) is 22.4 Å². The number of thiophene rings is 1. The molecule has 0 aromatic carbocycles. The van der Waals surface area contributed by atoms with E-state index in [0.29, 0.717) is 39.2 Å². The van der Waals surface area contributed by atoms with Gasteiger partial charge < -0.3 is 24.8 Å². The molecule has 0 unspecified atom stereocenters. The Morgan fingerprint density at radius 2 is 2.07 bits per heavy atom. The highest BCUT2D eigenvalue weighted by molar-refractivity contribution is 7.09. The van der Waals surface area contributed by atoms with Gasteiger partial charge in [-0.05, 0) is 30.2 Å². The van der Waals surface area contributed by atoms with Crippen LogP contribution in [0.1, 0.15) is 25.1 Å². The monoisotopic (exact) mass is 436 g/mol. The fourth-order valence-corrected chi connectivity index (χ4v) is 4.86. The molecule has 0 saturated carbocycles. The first kappa shape index (κ1) is 22.6. The number of carbonyl (C=O) groups is 3. The van der Waals surface area contributed by atoms with E-state index in [4.69, 9.17) is 4.74 Å². The number of hydrogen-bond acceptors (Lipinski definition) is 5. The van der Waals surface area contributed by atoms with Crippen molar-refractivity contribution in [1.29, 1.82) is 0 Å². The highest BCUT2D eigenvalue weighted by Gasteiger charge is 2.49. The van der Waals surface area contributed by atoms with Gasteiger partial charge in [0, 0.05) is 38.2 Å². The number of nitrogens with one attached hydrogen (secondary N) is 1. The summed E-state index contributed by atoms with van der Waals surface area (Å²) in [6, 6.07) is 3.26. The van der Waals surface area contributed by atoms with E-state index in [0.717, 1.165) is 6.42 Å². The quantitative estimate of drug-likeness (QED) is 0.601. The topological polar surface area (TPSA) is 82.2 Å². The minimum atomic E-state index is -0.472. The maximum absolute atomic E-state index is 13.1. The molecule has 2 saturated heterocycles. The summed E-state index contributed by atoms with van der Waals surface area (Å²) in [6.07, 6.45) is 1.40. The molecule has 4 amide bonds. The number of methoxy groups -OCH3 is 1. The summed E-state index contributed by atoms with van der Waals surface area (Å²) in [4.78, 5) is 44.8. The third-order valence-corrected chi connectivity index (χ3v) is 6.48. The van der Waals surface area contributed by atoms with Crippen molar-refractivity contribution in [2.24, 2.45) is 5.92 Å². The molecule has 2 atom stereocenters. The average molecular weight is 437 g/mol. The van der Waals surface area contributed by atoms with E-state index in [1.165, 1.54) is 4.88 Å². The number of urea groups is 1. The molecule has 1 aromatic heterocycles. The number of nitrogens with zero attached hydrogens (tertiary/aromatic N) is 3. The predicted octanol–water partition coefficient (Wildman–Crippen LogP) is 1.42. The number of piperazine rings is 1. The molecular weight excluding hydrogens is 404 g/mol. The molecule has 2 aliphatic rings. The minimum absolute atomic E-state index is 0.0207. The molecule has 0 radical (unpaired) electrons. The second-order valence-electron chi connectivity index (χ2n) is 8.33. The second kappa shape index (κ2) is 10.3. The van der Waals surface area contributed by atoms with E-state index >= 15 is 0 Å². The Bertz CT molecular complexity index is 739. The number of hydrogen-bond donors (Lipinski definition) is 1. The van der Waals surface area contributed by atoms with Gasteiger partial charge in [-0.1, -0.05) is 19.9 Å². The van der Waals surface area contributed by atoms with Crippen LogP contribution in [-0.2, 0) is 20.7 Å². The van der Waals surface area contributed by atoms with Crippen LogP contribution < -0.4 is 5.32 Å². The Kier molecular flexibility index (Phi) is 7.71. The van der Waals surface area contributed by atoms with Gasteiger partial charge in [0.2, 0.25) is 11.8 Å². The predicted molar refractivity (Wildman–Crippen MR) is 115 cm³/mol. The van der Waals surface area contributed by atoms with Crippen molar-refractivity contribution in [1.82, 2.24) is 20.0 Å². The molecule has 0 aliphatic carbocycles. The molecule has 1 N–H and O–H groups in total. The summed E-state index contributed by atoms with van der Waals surface area (Å²) in [6.45, 7) is 6.61. The smallest absolute Gasteiger partial charge is 0.321 e. The van der Waals surface area contributed by atoms with Gasteiger partial charge in [0.05, 0.1) is 12.6 Å². The van der Waals surface area contributed by atoms with E-state index in [9.17, 15) is 14.4 Å². The average Bonchev–Trinajstić information content (AvgIpc) is 3.31. The lowest BCUT2D eigenvalue weighted by Crippen LogP contribution is -2.61. The lowest BCUT2D eigenvalue weighted by atomic mass is 9.97. The van der Waals surface area contributed by atoms with Crippen molar-refractivity contribution in [3.8, 4) is 0 Å². The van der Waals surface area contributed by atoms with Crippen molar-refractivity contribution in [3.63, 3.8) is 0 Å². The first-order valence-electron chi connectivity index (χ1n) is 10.5. The molecule has 0 spiro atoms. The van der Waals surface area contributed by atoms with E-state index in [1.807, 2.05) is 17.5 Å². The van der Waals surface area contributed by atoms with Crippen LogP contribution in [0.3, 0.4) is 0 Å². The van der Waals surface area contributed by atoms with Crippen molar-refractivity contribution >= 4 is 29.2 Å². The Morgan fingerprint density at radius 3 is 2.73 bits per heavy atom. The Labute approximate surface area is 182 Å². The van der Waals surface area contributed by atoms with Crippen LogP contribution in [0, 0.1) is 5.92 Å². The molecule has 166 valence electrons. The summed E-state index contributed by atoms with van der Waals surface area (Å²) in [5.74, 6) is 0.0969. The molecule has 2 fully saturated rings. The van der Waals surface area contributed by atoms with Crippen molar-refractivity contribution < 1.29 is 19.1 Å². The molecule has 3 rings (SSSR count). The number of ether oxygens (including phenoxy) is 1. The molecule has 2 aliphatic heterocycles.